The quantitative estimate of drug-likeness (QED) is 0.768. The highest BCUT2D eigenvalue weighted by molar-refractivity contribution is 5.73. The fourth-order valence-corrected chi connectivity index (χ4v) is 3.34. The van der Waals surface area contributed by atoms with E-state index in [4.69, 9.17) is 4.74 Å². The molecule has 1 fully saturated rings. The number of aromatic nitrogens is 2. The second-order valence-corrected chi connectivity index (χ2v) is 7.20. The Labute approximate surface area is 166 Å². The number of nitrogens with one attached hydrogen (secondary N) is 2. The molecule has 2 amide bonds. The van der Waals surface area contributed by atoms with Gasteiger partial charge in [-0.2, -0.15) is 5.10 Å². The molecule has 7 nitrogen and oxygen atoms in total. The van der Waals surface area contributed by atoms with Gasteiger partial charge in [0.05, 0.1) is 12.8 Å². The summed E-state index contributed by atoms with van der Waals surface area (Å²) in [5.74, 6) is 2.28. The Morgan fingerprint density at radius 1 is 1.11 bits per heavy atom. The fourth-order valence-electron chi connectivity index (χ4n) is 3.34. The maximum Gasteiger partial charge on any atom is 0.314 e. The summed E-state index contributed by atoms with van der Waals surface area (Å²) >= 11 is 0. The van der Waals surface area contributed by atoms with Crippen molar-refractivity contribution >= 4 is 11.8 Å². The maximum atomic E-state index is 12.0. The highest BCUT2D eigenvalue weighted by atomic mass is 16.5. The molecule has 150 valence electrons. The zero-order valence-corrected chi connectivity index (χ0v) is 16.6. The van der Waals surface area contributed by atoms with E-state index in [1.165, 1.54) is 5.56 Å². The first kappa shape index (κ1) is 19.9. The number of anilines is 1. The van der Waals surface area contributed by atoms with Crippen LogP contribution in [0, 0.1) is 12.8 Å². The van der Waals surface area contributed by atoms with Gasteiger partial charge in [0.15, 0.2) is 5.82 Å². The van der Waals surface area contributed by atoms with Crippen LogP contribution < -0.4 is 20.3 Å². The number of ether oxygens (including phenoxy) is 1. The molecule has 1 aliphatic heterocycles. The standard InChI is InChI=1S/C21H29N5O2/c1-16-3-8-20(25-24-16)26-13-10-18(11-14-26)15-23-21(27)22-12-9-17-4-6-19(28-2)7-5-17/h3-8,18H,9-15H2,1-2H3,(H2,22,23,27). The predicted octanol–water partition coefficient (Wildman–Crippen LogP) is 2.55. The highest BCUT2D eigenvalue weighted by Crippen LogP contribution is 2.20. The van der Waals surface area contributed by atoms with Gasteiger partial charge >= 0.3 is 6.03 Å². The van der Waals surface area contributed by atoms with E-state index in [1.54, 1.807) is 7.11 Å². The van der Waals surface area contributed by atoms with Gasteiger partial charge in [-0.1, -0.05) is 12.1 Å². The third kappa shape index (κ3) is 5.84. The van der Waals surface area contributed by atoms with Crippen molar-refractivity contribution in [2.24, 2.45) is 5.92 Å². The van der Waals surface area contributed by atoms with E-state index in [0.717, 1.165) is 49.6 Å². The summed E-state index contributed by atoms with van der Waals surface area (Å²) in [6, 6.07) is 11.8. The third-order valence-corrected chi connectivity index (χ3v) is 5.13. The van der Waals surface area contributed by atoms with Crippen molar-refractivity contribution in [1.82, 2.24) is 20.8 Å². The number of nitrogens with zero attached hydrogens (tertiary/aromatic N) is 3. The zero-order chi connectivity index (χ0) is 19.8. The first-order valence-electron chi connectivity index (χ1n) is 9.84. The van der Waals surface area contributed by atoms with Gasteiger partial charge in [0.25, 0.3) is 0 Å². The first-order chi connectivity index (χ1) is 13.6. The Morgan fingerprint density at radius 3 is 2.50 bits per heavy atom. The highest BCUT2D eigenvalue weighted by Gasteiger charge is 2.20. The van der Waals surface area contributed by atoms with Gasteiger partial charge < -0.3 is 20.3 Å². The first-order valence-corrected chi connectivity index (χ1v) is 9.84. The van der Waals surface area contributed by atoms with Crippen LogP contribution in [0.4, 0.5) is 10.6 Å². The number of amides is 2. The average molecular weight is 383 g/mol. The lowest BCUT2D eigenvalue weighted by Gasteiger charge is -2.32. The normalized spacial score (nSPS) is 14.6. The molecule has 1 aliphatic rings. The second kappa shape index (κ2) is 9.92. The molecule has 3 rings (SSSR count). The topological polar surface area (TPSA) is 79.4 Å². The molecule has 0 radical (unpaired) electrons. The molecule has 2 N–H and O–H groups in total. The molecular weight excluding hydrogens is 354 g/mol. The van der Waals surface area contributed by atoms with Gasteiger partial charge in [-0.25, -0.2) is 4.79 Å². The summed E-state index contributed by atoms with van der Waals surface area (Å²) in [5, 5.41) is 14.3. The van der Waals surface area contributed by atoms with Crippen molar-refractivity contribution < 1.29 is 9.53 Å². The molecule has 0 saturated carbocycles. The maximum absolute atomic E-state index is 12.0. The summed E-state index contributed by atoms with van der Waals surface area (Å²) < 4.78 is 5.15. The third-order valence-electron chi connectivity index (χ3n) is 5.13. The lowest BCUT2D eigenvalue weighted by atomic mass is 9.97. The summed E-state index contributed by atoms with van der Waals surface area (Å²) in [6.45, 7) is 5.16. The number of benzene rings is 1. The van der Waals surface area contributed by atoms with Crippen molar-refractivity contribution in [3.05, 3.63) is 47.7 Å². The summed E-state index contributed by atoms with van der Waals surface area (Å²) in [4.78, 5) is 14.3. The molecule has 1 aromatic carbocycles. The summed E-state index contributed by atoms with van der Waals surface area (Å²) in [6.07, 6.45) is 2.89. The molecule has 7 heteroatoms. The monoisotopic (exact) mass is 383 g/mol. The van der Waals surface area contributed by atoms with Crippen LogP contribution >= 0.6 is 0 Å². The molecule has 0 aliphatic carbocycles. The van der Waals surface area contributed by atoms with Crippen molar-refractivity contribution in [2.75, 3.05) is 38.2 Å². The number of aryl methyl sites for hydroxylation is 1. The fraction of sp³-hybridized carbons (Fsp3) is 0.476. The van der Waals surface area contributed by atoms with Crippen molar-refractivity contribution in [3.63, 3.8) is 0 Å². The Hall–Kier alpha value is -2.83. The minimum absolute atomic E-state index is 0.0969. The molecule has 2 aromatic rings. The van der Waals surface area contributed by atoms with Gasteiger partial charge in [-0.3, -0.25) is 0 Å². The van der Waals surface area contributed by atoms with E-state index in [0.29, 0.717) is 19.0 Å². The van der Waals surface area contributed by atoms with E-state index < -0.39 is 0 Å². The van der Waals surface area contributed by atoms with E-state index in [2.05, 4.69) is 25.7 Å². The van der Waals surface area contributed by atoms with Crippen LogP contribution in [0.5, 0.6) is 5.75 Å². The molecule has 28 heavy (non-hydrogen) atoms. The molecule has 1 aromatic heterocycles. The predicted molar refractivity (Wildman–Crippen MR) is 110 cm³/mol. The van der Waals surface area contributed by atoms with Gasteiger partial charge in [0.2, 0.25) is 0 Å². The molecule has 0 unspecified atom stereocenters. The Morgan fingerprint density at radius 2 is 1.86 bits per heavy atom. The van der Waals surface area contributed by atoms with Crippen molar-refractivity contribution in [1.29, 1.82) is 0 Å². The minimum Gasteiger partial charge on any atom is -0.497 e. The number of urea groups is 1. The van der Waals surface area contributed by atoms with Crippen LogP contribution in [0.3, 0.4) is 0 Å². The molecular formula is C21H29N5O2. The number of carbonyl (C=O) groups is 1. The average Bonchev–Trinajstić information content (AvgIpc) is 2.74. The van der Waals surface area contributed by atoms with Crippen LogP contribution in [0.1, 0.15) is 24.1 Å². The van der Waals surface area contributed by atoms with Gasteiger partial charge in [-0.05, 0) is 61.9 Å². The number of piperidine rings is 1. The number of rotatable bonds is 7. The van der Waals surface area contributed by atoms with Crippen molar-refractivity contribution in [2.45, 2.75) is 26.2 Å². The van der Waals surface area contributed by atoms with E-state index >= 15 is 0 Å². The SMILES string of the molecule is COc1ccc(CCNC(=O)NCC2CCN(c3ccc(C)nn3)CC2)cc1. The zero-order valence-electron chi connectivity index (χ0n) is 16.6. The van der Waals surface area contributed by atoms with Gasteiger partial charge in [-0.15, -0.1) is 5.10 Å². The molecule has 0 spiro atoms. The molecule has 0 bridgehead atoms. The number of hydrogen-bond donors (Lipinski definition) is 2. The molecule has 2 heterocycles. The number of hydrogen-bond acceptors (Lipinski definition) is 5. The van der Waals surface area contributed by atoms with E-state index in [1.807, 2.05) is 43.3 Å². The van der Waals surface area contributed by atoms with Crippen LogP contribution in [0.2, 0.25) is 0 Å². The van der Waals surface area contributed by atoms with Crippen LogP contribution in [0.25, 0.3) is 0 Å². The summed E-state index contributed by atoms with van der Waals surface area (Å²) in [7, 11) is 1.65. The Bertz CT molecular complexity index is 740. The van der Waals surface area contributed by atoms with Gasteiger partial charge in [0, 0.05) is 26.2 Å². The lowest BCUT2D eigenvalue weighted by Crippen LogP contribution is -2.42. The van der Waals surface area contributed by atoms with E-state index in [-0.39, 0.29) is 6.03 Å². The second-order valence-electron chi connectivity index (χ2n) is 7.20. The number of carbonyl (C=O) groups excluding carboxylic acids is 1. The molecule has 1 saturated heterocycles. The minimum atomic E-state index is -0.0969. The van der Waals surface area contributed by atoms with Crippen LogP contribution in [0.15, 0.2) is 36.4 Å². The lowest BCUT2D eigenvalue weighted by molar-refractivity contribution is 0.237. The smallest absolute Gasteiger partial charge is 0.314 e. The van der Waals surface area contributed by atoms with Crippen LogP contribution in [-0.2, 0) is 6.42 Å². The van der Waals surface area contributed by atoms with Crippen LogP contribution in [-0.4, -0.2) is 49.5 Å². The van der Waals surface area contributed by atoms with Gasteiger partial charge in [0.1, 0.15) is 5.75 Å². The van der Waals surface area contributed by atoms with Crippen molar-refractivity contribution in [3.8, 4) is 5.75 Å². The molecule has 0 atom stereocenters. The van der Waals surface area contributed by atoms with E-state index in [9.17, 15) is 4.79 Å². The Balaban J connectivity index is 1.31. The summed E-state index contributed by atoms with van der Waals surface area (Å²) in [5.41, 5.74) is 2.11. The largest absolute Gasteiger partial charge is 0.497 e. The Kier molecular flexibility index (Phi) is 7.06. The number of methoxy groups -OCH3 is 1.